The van der Waals surface area contributed by atoms with E-state index in [9.17, 15) is 4.79 Å². The van der Waals surface area contributed by atoms with Crippen LogP contribution < -0.4 is 0 Å². The fourth-order valence-electron chi connectivity index (χ4n) is 4.65. The van der Waals surface area contributed by atoms with E-state index < -0.39 is 0 Å². The lowest BCUT2D eigenvalue weighted by molar-refractivity contribution is -0.126. The van der Waals surface area contributed by atoms with Crippen molar-refractivity contribution in [3.05, 3.63) is 42.0 Å². The first-order valence-corrected chi connectivity index (χ1v) is 9.09. The standard InChI is InChI=1S/C21H29NO/c1-5-14(3)15-7-9-16(10-8-15)18-13-17-11-12-19(22(17)4)21(18)20(23)6-2/h7-10,17-19,21H,3,5-6,11-13H2,1-2,4H3. The first-order chi connectivity index (χ1) is 11.1. The van der Waals surface area contributed by atoms with Gasteiger partial charge in [0.15, 0.2) is 0 Å². The number of benzene rings is 1. The Hall–Kier alpha value is -1.41. The highest BCUT2D eigenvalue weighted by atomic mass is 16.1. The van der Waals surface area contributed by atoms with Gasteiger partial charge in [-0.25, -0.2) is 0 Å². The predicted molar refractivity (Wildman–Crippen MR) is 96.5 cm³/mol. The number of hydrogen-bond acceptors (Lipinski definition) is 2. The fourth-order valence-corrected chi connectivity index (χ4v) is 4.65. The zero-order valence-electron chi connectivity index (χ0n) is 14.7. The van der Waals surface area contributed by atoms with Crippen molar-refractivity contribution in [2.45, 2.75) is 64.0 Å². The molecule has 2 heteroatoms. The molecule has 2 fully saturated rings. The van der Waals surface area contributed by atoms with Gasteiger partial charge in [-0.05, 0) is 55.3 Å². The van der Waals surface area contributed by atoms with E-state index in [1.165, 1.54) is 29.5 Å². The van der Waals surface area contributed by atoms with E-state index in [0.29, 0.717) is 30.2 Å². The molecule has 2 aliphatic rings. The minimum Gasteiger partial charge on any atom is -0.300 e. The molecule has 0 radical (unpaired) electrons. The number of allylic oxidation sites excluding steroid dienone is 1. The highest BCUT2D eigenvalue weighted by molar-refractivity contribution is 5.83. The molecular weight excluding hydrogens is 282 g/mol. The molecule has 3 rings (SSSR count). The van der Waals surface area contributed by atoms with Gasteiger partial charge in [-0.15, -0.1) is 0 Å². The van der Waals surface area contributed by atoms with Gasteiger partial charge in [-0.3, -0.25) is 9.69 Å². The van der Waals surface area contributed by atoms with Crippen LogP contribution in [0, 0.1) is 5.92 Å². The quantitative estimate of drug-likeness (QED) is 0.788. The van der Waals surface area contributed by atoms with Crippen molar-refractivity contribution in [2.24, 2.45) is 5.92 Å². The number of carbonyl (C=O) groups excluding carboxylic acids is 1. The summed E-state index contributed by atoms with van der Waals surface area (Å²) in [5.74, 6) is 0.998. The molecule has 124 valence electrons. The molecule has 2 aliphatic heterocycles. The van der Waals surface area contributed by atoms with Crippen LogP contribution in [0.5, 0.6) is 0 Å². The maximum absolute atomic E-state index is 12.7. The van der Waals surface area contributed by atoms with Gasteiger partial charge < -0.3 is 0 Å². The average Bonchev–Trinajstić information content (AvgIpc) is 2.83. The van der Waals surface area contributed by atoms with Gasteiger partial charge in [0.25, 0.3) is 0 Å². The van der Waals surface area contributed by atoms with Gasteiger partial charge in [0.1, 0.15) is 5.78 Å². The summed E-state index contributed by atoms with van der Waals surface area (Å²) in [6.45, 7) is 8.27. The van der Waals surface area contributed by atoms with Gasteiger partial charge in [0.2, 0.25) is 0 Å². The Morgan fingerprint density at radius 3 is 2.48 bits per heavy atom. The minimum absolute atomic E-state index is 0.170. The molecule has 1 aromatic rings. The molecule has 0 saturated carbocycles. The normalized spacial score (nSPS) is 30.4. The van der Waals surface area contributed by atoms with Gasteiger partial charge in [0.05, 0.1) is 0 Å². The number of carbonyl (C=O) groups is 1. The molecule has 0 N–H and O–H groups in total. The third-order valence-corrected chi connectivity index (χ3v) is 6.16. The number of piperidine rings is 1. The lowest BCUT2D eigenvalue weighted by atomic mass is 9.73. The van der Waals surface area contributed by atoms with Gasteiger partial charge in [0, 0.05) is 24.4 Å². The Kier molecular flexibility index (Phi) is 4.72. The Morgan fingerprint density at radius 1 is 1.17 bits per heavy atom. The molecule has 2 nitrogen and oxygen atoms in total. The number of nitrogens with zero attached hydrogens (tertiary/aromatic N) is 1. The summed E-state index contributed by atoms with van der Waals surface area (Å²) in [5, 5.41) is 0. The summed E-state index contributed by atoms with van der Waals surface area (Å²) in [6.07, 6.45) is 5.18. The van der Waals surface area contributed by atoms with Crippen LogP contribution >= 0.6 is 0 Å². The maximum atomic E-state index is 12.7. The first kappa shape index (κ1) is 16.4. The highest BCUT2D eigenvalue weighted by Crippen LogP contribution is 2.46. The monoisotopic (exact) mass is 311 g/mol. The smallest absolute Gasteiger partial charge is 0.137 e. The lowest BCUT2D eigenvalue weighted by Crippen LogP contribution is -2.48. The van der Waals surface area contributed by atoms with E-state index in [0.717, 1.165) is 12.8 Å². The van der Waals surface area contributed by atoms with Gasteiger partial charge in [-0.1, -0.05) is 44.7 Å². The van der Waals surface area contributed by atoms with Crippen LogP contribution in [-0.4, -0.2) is 29.8 Å². The lowest BCUT2D eigenvalue weighted by Gasteiger charge is -2.42. The van der Waals surface area contributed by atoms with E-state index in [2.05, 4.69) is 49.7 Å². The van der Waals surface area contributed by atoms with Gasteiger partial charge in [-0.2, -0.15) is 0 Å². The molecule has 1 aromatic carbocycles. The minimum atomic E-state index is 0.170. The molecule has 0 spiro atoms. The van der Waals surface area contributed by atoms with Crippen LogP contribution in [0.3, 0.4) is 0 Å². The number of fused-ring (bicyclic) bond motifs is 2. The van der Waals surface area contributed by atoms with Crippen molar-refractivity contribution in [3.63, 3.8) is 0 Å². The number of Topliss-reactive ketones (excluding diaryl/α,β-unsaturated/α-hetero) is 1. The Bertz CT molecular complexity index is 588. The second-order valence-corrected chi connectivity index (χ2v) is 7.23. The first-order valence-electron chi connectivity index (χ1n) is 9.09. The third kappa shape index (κ3) is 2.89. The predicted octanol–water partition coefficient (Wildman–Crippen LogP) is 4.66. The van der Waals surface area contributed by atoms with Crippen molar-refractivity contribution < 1.29 is 4.79 Å². The molecule has 4 unspecified atom stereocenters. The number of ketones is 1. The largest absolute Gasteiger partial charge is 0.300 e. The van der Waals surface area contributed by atoms with Crippen LogP contribution in [-0.2, 0) is 4.79 Å². The van der Waals surface area contributed by atoms with Crippen LogP contribution in [0.1, 0.15) is 63.0 Å². The molecule has 0 amide bonds. The van der Waals surface area contributed by atoms with Crippen LogP contribution in [0.4, 0.5) is 0 Å². The summed E-state index contributed by atoms with van der Waals surface area (Å²) in [6, 6.07) is 9.94. The van der Waals surface area contributed by atoms with E-state index in [1.54, 1.807) is 0 Å². The zero-order valence-corrected chi connectivity index (χ0v) is 14.7. The average molecular weight is 311 g/mol. The summed E-state index contributed by atoms with van der Waals surface area (Å²) in [7, 11) is 2.21. The van der Waals surface area contributed by atoms with E-state index in [1.807, 2.05) is 6.92 Å². The third-order valence-electron chi connectivity index (χ3n) is 6.16. The van der Waals surface area contributed by atoms with Crippen molar-refractivity contribution in [3.8, 4) is 0 Å². The van der Waals surface area contributed by atoms with Gasteiger partial charge >= 0.3 is 0 Å². The summed E-state index contributed by atoms with van der Waals surface area (Å²) < 4.78 is 0. The summed E-state index contributed by atoms with van der Waals surface area (Å²) in [5.41, 5.74) is 3.75. The molecule has 0 aliphatic carbocycles. The summed E-state index contributed by atoms with van der Waals surface area (Å²) >= 11 is 0. The Balaban J connectivity index is 1.90. The van der Waals surface area contributed by atoms with Crippen molar-refractivity contribution in [1.29, 1.82) is 0 Å². The van der Waals surface area contributed by atoms with E-state index in [4.69, 9.17) is 0 Å². The topological polar surface area (TPSA) is 20.3 Å². The van der Waals surface area contributed by atoms with Crippen LogP contribution in [0.2, 0.25) is 0 Å². The molecule has 2 saturated heterocycles. The molecule has 4 atom stereocenters. The second-order valence-electron chi connectivity index (χ2n) is 7.23. The SMILES string of the molecule is C=C(CC)c1ccc(C2CC3CCC(C2C(=O)CC)N3C)cc1. The van der Waals surface area contributed by atoms with Crippen molar-refractivity contribution in [1.82, 2.24) is 4.90 Å². The second kappa shape index (κ2) is 6.60. The molecule has 2 bridgehead atoms. The van der Waals surface area contributed by atoms with Crippen molar-refractivity contribution >= 4 is 11.4 Å². The summed E-state index contributed by atoms with van der Waals surface area (Å²) in [4.78, 5) is 15.1. The van der Waals surface area contributed by atoms with Crippen LogP contribution in [0.15, 0.2) is 30.8 Å². The fraction of sp³-hybridized carbons (Fsp3) is 0.571. The molecule has 0 aromatic heterocycles. The molecule has 23 heavy (non-hydrogen) atoms. The maximum Gasteiger partial charge on any atom is 0.137 e. The number of rotatable bonds is 5. The van der Waals surface area contributed by atoms with Crippen molar-refractivity contribution in [2.75, 3.05) is 7.05 Å². The highest BCUT2D eigenvalue weighted by Gasteiger charge is 2.48. The zero-order chi connectivity index (χ0) is 16.6. The number of hydrogen-bond donors (Lipinski definition) is 0. The van der Waals surface area contributed by atoms with E-state index >= 15 is 0 Å². The molecular formula is C21H29NO. The van der Waals surface area contributed by atoms with E-state index in [-0.39, 0.29) is 5.92 Å². The Labute approximate surface area is 140 Å². The van der Waals surface area contributed by atoms with Crippen LogP contribution in [0.25, 0.3) is 5.57 Å². The molecule has 2 heterocycles. The Morgan fingerprint density at radius 2 is 1.87 bits per heavy atom.